The monoisotopic (exact) mass is 207 g/mol. The Morgan fingerprint density at radius 2 is 2.40 bits per heavy atom. The van der Waals surface area contributed by atoms with Gasteiger partial charge in [0.15, 0.2) is 0 Å². The van der Waals surface area contributed by atoms with Crippen LogP contribution >= 0.6 is 0 Å². The first-order valence-electron chi connectivity index (χ1n) is 4.69. The van der Waals surface area contributed by atoms with Gasteiger partial charge >= 0.3 is 5.69 Å². The van der Waals surface area contributed by atoms with E-state index in [-0.39, 0.29) is 18.1 Å². The van der Waals surface area contributed by atoms with Crippen molar-refractivity contribution in [2.75, 3.05) is 13.1 Å². The molecule has 0 aliphatic heterocycles. The molecule has 5 heteroatoms. The first-order chi connectivity index (χ1) is 7.19. The first kappa shape index (κ1) is 11.1. The van der Waals surface area contributed by atoms with Gasteiger partial charge in [-0.2, -0.15) is 0 Å². The maximum absolute atomic E-state index is 11.8. The van der Waals surface area contributed by atoms with Gasteiger partial charge in [0.2, 0.25) is 0 Å². The molecule has 0 unspecified atom stereocenters. The van der Waals surface area contributed by atoms with E-state index in [1.165, 1.54) is 11.1 Å². The fraction of sp³-hybridized carbons (Fsp3) is 0.400. The van der Waals surface area contributed by atoms with Crippen molar-refractivity contribution in [1.29, 1.82) is 0 Å². The Morgan fingerprint density at radius 1 is 1.67 bits per heavy atom. The van der Waals surface area contributed by atoms with Crippen LogP contribution < -0.4 is 5.69 Å². The number of aromatic amines is 2. The number of aromatic nitrogens is 2. The number of hydrogen-bond donors (Lipinski definition) is 2. The lowest BCUT2D eigenvalue weighted by Crippen LogP contribution is -2.32. The molecule has 1 aromatic heterocycles. The summed E-state index contributed by atoms with van der Waals surface area (Å²) in [6, 6.07) is 0. The van der Waals surface area contributed by atoms with Crippen molar-refractivity contribution in [1.82, 2.24) is 14.9 Å². The predicted octanol–water partition coefficient (Wildman–Crippen LogP) is 0.188. The van der Waals surface area contributed by atoms with Gasteiger partial charge in [-0.1, -0.05) is 12.8 Å². The lowest BCUT2D eigenvalue weighted by atomic mass is 10.3. The third kappa shape index (κ3) is 2.74. The Morgan fingerprint density at radius 3 is 2.87 bits per heavy atom. The van der Waals surface area contributed by atoms with E-state index >= 15 is 0 Å². The van der Waals surface area contributed by atoms with Crippen LogP contribution in [0.2, 0.25) is 0 Å². The highest BCUT2D eigenvalue weighted by molar-refractivity contribution is 5.92. The lowest BCUT2D eigenvalue weighted by molar-refractivity contribution is 0.0771. The Labute approximate surface area is 87.5 Å². The average molecular weight is 207 g/mol. The minimum absolute atomic E-state index is 0.240. The molecule has 5 nitrogen and oxygen atoms in total. The summed E-state index contributed by atoms with van der Waals surface area (Å²) in [4.78, 5) is 28.9. The molecule has 0 aliphatic carbocycles. The van der Waals surface area contributed by atoms with E-state index in [4.69, 9.17) is 6.42 Å². The number of rotatable bonds is 4. The molecule has 1 rings (SSSR count). The highest BCUT2D eigenvalue weighted by atomic mass is 16.2. The van der Waals surface area contributed by atoms with E-state index in [0.29, 0.717) is 6.54 Å². The Balaban J connectivity index is 2.81. The molecule has 0 spiro atoms. The molecule has 2 N–H and O–H groups in total. The van der Waals surface area contributed by atoms with E-state index in [2.05, 4.69) is 15.9 Å². The molecular formula is C10H13N3O2. The molecule has 0 radical (unpaired) electrons. The zero-order valence-electron chi connectivity index (χ0n) is 8.54. The normalized spacial score (nSPS) is 9.60. The van der Waals surface area contributed by atoms with Crippen molar-refractivity contribution in [2.24, 2.45) is 0 Å². The molecule has 0 fully saturated rings. The average Bonchev–Trinajstić information content (AvgIpc) is 2.63. The van der Waals surface area contributed by atoms with Crippen LogP contribution in [0, 0.1) is 12.3 Å². The second kappa shape index (κ2) is 5.05. The molecule has 0 saturated heterocycles. The lowest BCUT2D eigenvalue weighted by Gasteiger charge is -2.17. The van der Waals surface area contributed by atoms with Crippen molar-refractivity contribution in [3.05, 3.63) is 22.4 Å². The molecule has 0 aromatic carbocycles. The van der Waals surface area contributed by atoms with Gasteiger partial charge in [0, 0.05) is 12.7 Å². The summed E-state index contributed by atoms with van der Waals surface area (Å²) in [7, 11) is 0. The standard InChI is InChI=1S/C10H13N3O2/c1-3-5-13(6-4-2)9(14)8-7-11-10(15)12-8/h1,7H,4-6H2,2H3,(H2,11,12,15). The predicted molar refractivity (Wildman–Crippen MR) is 56.4 cm³/mol. The van der Waals surface area contributed by atoms with E-state index in [0.717, 1.165) is 6.42 Å². The number of nitrogens with zero attached hydrogens (tertiary/aromatic N) is 1. The van der Waals surface area contributed by atoms with Crippen molar-refractivity contribution >= 4 is 5.91 Å². The van der Waals surface area contributed by atoms with Gasteiger partial charge in [-0.05, 0) is 6.42 Å². The fourth-order valence-corrected chi connectivity index (χ4v) is 1.25. The summed E-state index contributed by atoms with van der Waals surface area (Å²) in [5.41, 5.74) is -0.154. The van der Waals surface area contributed by atoms with Crippen molar-refractivity contribution in [2.45, 2.75) is 13.3 Å². The van der Waals surface area contributed by atoms with Crippen molar-refractivity contribution in [3.63, 3.8) is 0 Å². The van der Waals surface area contributed by atoms with Crippen LogP contribution in [-0.4, -0.2) is 33.9 Å². The van der Waals surface area contributed by atoms with Gasteiger partial charge in [0.1, 0.15) is 5.69 Å². The third-order valence-corrected chi connectivity index (χ3v) is 1.89. The van der Waals surface area contributed by atoms with Crippen LogP contribution in [0.1, 0.15) is 23.8 Å². The number of imidazole rings is 1. The van der Waals surface area contributed by atoms with Crippen LogP contribution in [0.25, 0.3) is 0 Å². The quantitative estimate of drug-likeness (QED) is 0.692. The molecule has 0 aliphatic rings. The number of terminal acetylenes is 1. The summed E-state index contributed by atoms with van der Waals surface area (Å²) in [6.07, 6.45) is 7.33. The third-order valence-electron chi connectivity index (χ3n) is 1.89. The fourth-order valence-electron chi connectivity index (χ4n) is 1.25. The maximum atomic E-state index is 11.8. The number of nitrogens with one attached hydrogen (secondary N) is 2. The largest absolute Gasteiger partial charge is 0.326 e. The second-order valence-corrected chi connectivity index (χ2v) is 3.09. The topological polar surface area (TPSA) is 69.0 Å². The summed E-state index contributed by atoms with van der Waals surface area (Å²) < 4.78 is 0. The van der Waals surface area contributed by atoms with Gasteiger partial charge in [-0.25, -0.2) is 4.79 Å². The van der Waals surface area contributed by atoms with Gasteiger partial charge < -0.3 is 14.9 Å². The highest BCUT2D eigenvalue weighted by Gasteiger charge is 2.15. The van der Waals surface area contributed by atoms with Crippen LogP contribution in [0.3, 0.4) is 0 Å². The molecule has 1 amide bonds. The number of carbonyl (C=O) groups is 1. The Hall–Kier alpha value is -1.96. The summed E-state index contributed by atoms with van der Waals surface area (Å²) in [6.45, 7) is 2.78. The van der Waals surface area contributed by atoms with Gasteiger partial charge in [0.25, 0.3) is 5.91 Å². The van der Waals surface area contributed by atoms with E-state index in [1.807, 2.05) is 6.92 Å². The minimum Gasteiger partial charge on any atom is -0.326 e. The summed E-state index contributed by atoms with van der Waals surface area (Å²) >= 11 is 0. The van der Waals surface area contributed by atoms with Gasteiger partial charge in [0.05, 0.1) is 6.54 Å². The second-order valence-electron chi connectivity index (χ2n) is 3.09. The van der Waals surface area contributed by atoms with Crippen LogP contribution in [0.5, 0.6) is 0 Å². The first-order valence-corrected chi connectivity index (χ1v) is 4.69. The van der Waals surface area contributed by atoms with Crippen LogP contribution in [0.4, 0.5) is 0 Å². The van der Waals surface area contributed by atoms with E-state index in [9.17, 15) is 9.59 Å². The SMILES string of the molecule is C#CCN(CCC)C(=O)c1c[nH]c(=O)[nH]1. The summed E-state index contributed by atoms with van der Waals surface area (Å²) in [5.74, 6) is 2.16. The molecular weight excluding hydrogens is 194 g/mol. The van der Waals surface area contributed by atoms with Crippen molar-refractivity contribution < 1.29 is 4.79 Å². The number of carbonyl (C=O) groups excluding carboxylic acids is 1. The number of H-pyrrole nitrogens is 2. The minimum atomic E-state index is -0.393. The maximum Gasteiger partial charge on any atom is 0.323 e. The smallest absolute Gasteiger partial charge is 0.323 e. The molecule has 1 heterocycles. The molecule has 0 bridgehead atoms. The molecule has 0 atom stereocenters. The molecule has 15 heavy (non-hydrogen) atoms. The highest BCUT2D eigenvalue weighted by Crippen LogP contribution is 1.99. The van der Waals surface area contributed by atoms with Gasteiger partial charge in [-0.15, -0.1) is 6.42 Å². The zero-order chi connectivity index (χ0) is 11.3. The molecule has 80 valence electrons. The summed E-state index contributed by atoms with van der Waals surface area (Å²) in [5, 5.41) is 0. The molecule has 1 aromatic rings. The van der Waals surface area contributed by atoms with Crippen LogP contribution in [-0.2, 0) is 0 Å². The van der Waals surface area contributed by atoms with Crippen LogP contribution in [0.15, 0.2) is 11.0 Å². The molecule has 0 saturated carbocycles. The zero-order valence-corrected chi connectivity index (χ0v) is 8.54. The number of amides is 1. The van der Waals surface area contributed by atoms with Gasteiger partial charge in [-0.3, -0.25) is 4.79 Å². The Kier molecular flexibility index (Phi) is 3.75. The van der Waals surface area contributed by atoms with Crippen molar-refractivity contribution in [3.8, 4) is 12.3 Å². The van der Waals surface area contributed by atoms with E-state index < -0.39 is 5.69 Å². The number of hydrogen-bond acceptors (Lipinski definition) is 2. The Bertz CT molecular complexity index is 424. The van der Waals surface area contributed by atoms with E-state index in [1.54, 1.807) is 0 Å².